The Balaban J connectivity index is 2.69. The van der Waals surface area contributed by atoms with E-state index in [0.717, 1.165) is 11.1 Å². The molecule has 0 fully saturated rings. The molecule has 1 aromatic carbocycles. The van der Waals surface area contributed by atoms with E-state index in [4.69, 9.17) is 5.53 Å². The lowest BCUT2D eigenvalue weighted by atomic mass is 10.0. The van der Waals surface area contributed by atoms with Crippen LogP contribution in [-0.4, -0.2) is 0 Å². The minimum atomic E-state index is -0.374. The predicted molar refractivity (Wildman–Crippen MR) is 66.6 cm³/mol. The smallest absolute Gasteiger partial charge is 0.176 e. The third-order valence-electron chi connectivity index (χ3n) is 2.68. The fourth-order valence-corrected chi connectivity index (χ4v) is 1.78. The fourth-order valence-electron chi connectivity index (χ4n) is 1.78. The number of aryl methyl sites for hydroxylation is 2. The molecule has 0 amide bonds. The molecule has 5 heteroatoms. The van der Waals surface area contributed by atoms with Crippen molar-refractivity contribution in [3.63, 3.8) is 0 Å². The molecule has 0 radical (unpaired) electrons. The lowest BCUT2D eigenvalue weighted by Crippen LogP contribution is -2.26. The summed E-state index contributed by atoms with van der Waals surface area (Å²) in [5, 5.41) is 3.55. The number of rotatable bonds is 2. The summed E-state index contributed by atoms with van der Waals surface area (Å²) in [4.78, 5) is 2.74. The van der Waals surface area contributed by atoms with Gasteiger partial charge in [-0.15, -0.1) is 0 Å². The summed E-state index contributed by atoms with van der Waals surface area (Å²) in [5.74, 6) is -0.374. The Bertz CT molecular complexity index is 645. The van der Waals surface area contributed by atoms with E-state index in [1.54, 1.807) is 13.0 Å². The van der Waals surface area contributed by atoms with Crippen LogP contribution in [-0.2, 0) is 7.05 Å². The highest BCUT2D eigenvalue weighted by atomic mass is 19.1. The standard InChI is InChI=1S/C13H12FN4/c1-9-6-11(10-4-3-5-18(2)8-10)13(16-17-15)7-12(9)14/h3-8H,1-2H3/q+1. The number of halogens is 1. The average Bonchev–Trinajstić information content (AvgIpc) is 2.34. The van der Waals surface area contributed by atoms with Crippen LogP contribution in [0.25, 0.3) is 21.6 Å². The van der Waals surface area contributed by atoms with Gasteiger partial charge in [0.15, 0.2) is 12.4 Å². The molecule has 0 aliphatic carbocycles. The molecule has 0 unspecified atom stereocenters. The molecule has 0 aliphatic heterocycles. The number of aromatic nitrogens is 1. The highest BCUT2D eigenvalue weighted by molar-refractivity contribution is 5.75. The normalized spacial score (nSPS) is 9.94. The van der Waals surface area contributed by atoms with Crippen molar-refractivity contribution in [2.75, 3.05) is 0 Å². The van der Waals surface area contributed by atoms with Gasteiger partial charge >= 0.3 is 0 Å². The van der Waals surface area contributed by atoms with E-state index >= 15 is 0 Å². The van der Waals surface area contributed by atoms with E-state index in [-0.39, 0.29) is 5.82 Å². The lowest BCUT2D eigenvalue weighted by Gasteiger charge is -2.06. The van der Waals surface area contributed by atoms with Gasteiger partial charge in [-0.3, -0.25) is 0 Å². The van der Waals surface area contributed by atoms with E-state index < -0.39 is 0 Å². The van der Waals surface area contributed by atoms with Gasteiger partial charge in [-0.1, -0.05) is 5.11 Å². The highest BCUT2D eigenvalue weighted by Crippen LogP contribution is 2.32. The number of pyridine rings is 1. The Hall–Kier alpha value is -2.39. The first-order chi connectivity index (χ1) is 8.61. The summed E-state index contributed by atoms with van der Waals surface area (Å²) < 4.78 is 15.4. The Kier molecular flexibility index (Phi) is 3.26. The first-order valence-electron chi connectivity index (χ1n) is 5.42. The molecular weight excluding hydrogens is 231 g/mol. The van der Waals surface area contributed by atoms with Crippen LogP contribution < -0.4 is 4.57 Å². The van der Waals surface area contributed by atoms with Crippen molar-refractivity contribution in [2.45, 2.75) is 6.92 Å². The van der Waals surface area contributed by atoms with Gasteiger partial charge in [0.2, 0.25) is 0 Å². The van der Waals surface area contributed by atoms with Gasteiger partial charge in [0, 0.05) is 22.2 Å². The maximum atomic E-state index is 13.5. The van der Waals surface area contributed by atoms with Crippen LogP contribution >= 0.6 is 0 Å². The summed E-state index contributed by atoms with van der Waals surface area (Å²) in [5.41, 5.74) is 11.0. The second-order valence-corrected chi connectivity index (χ2v) is 4.07. The Labute approximate surface area is 104 Å². The van der Waals surface area contributed by atoms with Crippen molar-refractivity contribution >= 4 is 5.69 Å². The van der Waals surface area contributed by atoms with E-state index in [1.807, 2.05) is 36.1 Å². The molecule has 0 saturated carbocycles. The summed E-state index contributed by atoms with van der Waals surface area (Å²) in [6.07, 6.45) is 3.79. The summed E-state index contributed by atoms with van der Waals surface area (Å²) in [6, 6.07) is 6.73. The molecule has 4 nitrogen and oxygen atoms in total. The molecule has 2 aromatic rings. The Morgan fingerprint density at radius 1 is 1.39 bits per heavy atom. The van der Waals surface area contributed by atoms with Crippen molar-refractivity contribution in [1.29, 1.82) is 0 Å². The van der Waals surface area contributed by atoms with Crippen LogP contribution in [0, 0.1) is 12.7 Å². The molecule has 0 bridgehead atoms. The molecule has 1 aromatic heterocycles. The highest BCUT2D eigenvalue weighted by Gasteiger charge is 2.10. The van der Waals surface area contributed by atoms with Crippen LogP contribution in [0.5, 0.6) is 0 Å². The van der Waals surface area contributed by atoms with Gasteiger partial charge in [-0.05, 0) is 41.8 Å². The molecule has 0 saturated heterocycles. The second-order valence-electron chi connectivity index (χ2n) is 4.07. The third kappa shape index (κ3) is 2.31. The van der Waals surface area contributed by atoms with Crippen molar-refractivity contribution in [3.05, 3.63) is 58.5 Å². The fraction of sp³-hybridized carbons (Fsp3) is 0.154. The number of benzene rings is 1. The Morgan fingerprint density at radius 2 is 2.17 bits per heavy atom. The van der Waals surface area contributed by atoms with Gasteiger partial charge in [-0.2, -0.15) is 0 Å². The van der Waals surface area contributed by atoms with Crippen molar-refractivity contribution in [3.8, 4) is 11.1 Å². The largest absolute Gasteiger partial charge is 0.207 e. The maximum Gasteiger partial charge on any atom is 0.176 e. The van der Waals surface area contributed by atoms with Crippen LogP contribution in [0.15, 0.2) is 41.8 Å². The quantitative estimate of drug-likeness (QED) is 0.335. The molecule has 0 atom stereocenters. The first-order valence-corrected chi connectivity index (χ1v) is 5.42. The van der Waals surface area contributed by atoms with Gasteiger partial charge in [0.1, 0.15) is 12.9 Å². The van der Waals surface area contributed by atoms with Gasteiger partial charge in [0.25, 0.3) is 0 Å². The zero-order valence-electron chi connectivity index (χ0n) is 10.1. The molecule has 0 N–H and O–H groups in total. The van der Waals surface area contributed by atoms with Crippen LogP contribution in [0.3, 0.4) is 0 Å². The minimum absolute atomic E-state index is 0.298. The molecule has 0 aliphatic rings. The first kappa shape index (κ1) is 12.1. The molecule has 1 heterocycles. The molecular formula is C13H12FN4+. The monoisotopic (exact) mass is 243 g/mol. The van der Waals surface area contributed by atoms with Crippen molar-refractivity contribution in [1.82, 2.24) is 0 Å². The third-order valence-corrected chi connectivity index (χ3v) is 2.68. The van der Waals surface area contributed by atoms with E-state index in [9.17, 15) is 4.39 Å². The van der Waals surface area contributed by atoms with Gasteiger partial charge in [0.05, 0.1) is 0 Å². The summed E-state index contributed by atoms with van der Waals surface area (Å²) in [7, 11) is 1.90. The van der Waals surface area contributed by atoms with E-state index in [1.165, 1.54) is 6.07 Å². The van der Waals surface area contributed by atoms with Crippen molar-refractivity contribution in [2.24, 2.45) is 12.2 Å². The number of hydrogen-bond donors (Lipinski definition) is 0. The van der Waals surface area contributed by atoms with Crippen LogP contribution in [0.2, 0.25) is 0 Å². The zero-order valence-corrected chi connectivity index (χ0v) is 10.1. The van der Waals surface area contributed by atoms with Gasteiger partial charge < -0.3 is 0 Å². The molecule has 90 valence electrons. The zero-order chi connectivity index (χ0) is 13.1. The van der Waals surface area contributed by atoms with Crippen LogP contribution in [0.4, 0.5) is 10.1 Å². The van der Waals surface area contributed by atoms with Crippen molar-refractivity contribution < 1.29 is 8.96 Å². The topological polar surface area (TPSA) is 52.6 Å². The van der Waals surface area contributed by atoms with E-state index in [0.29, 0.717) is 11.3 Å². The average molecular weight is 243 g/mol. The summed E-state index contributed by atoms with van der Waals surface area (Å²) >= 11 is 0. The SMILES string of the molecule is Cc1cc(-c2ccc[n+](C)c2)c(N=[N+]=[N-])cc1F. The van der Waals surface area contributed by atoms with E-state index in [2.05, 4.69) is 10.0 Å². The molecule has 0 spiro atoms. The predicted octanol–water partition coefficient (Wildman–Crippen LogP) is 3.57. The minimum Gasteiger partial charge on any atom is -0.207 e. The summed E-state index contributed by atoms with van der Waals surface area (Å²) in [6.45, 7) is 1.68. The Morgan fingerprint density at radius 3 is 2.83 bits per heavy atom. The number of azide groups is 1. The second kappa shape index (κ2) is 4.85. The lowest BCUT2D eigenvalue weighted by molar-refractivity contribution is -0.671. The molecule has 18 heavy (non-hydrogen) atoms. The van der Waals surface area contributed by atoms with Crippen LogP contribution in [0.1, 0.15) is 5.56 Å². The maximum absolute atomic E-state index is 13.5. The molecule has 2 rings (SSSR count). The van der Waals surface area contributed by atoms with Gasteiger partial charge in [-0.25, -0.2) is 8.96 Å². The number of hydrogen-bond acceptors (Lipinski definition) is 1. The number of nitrogens with zero attached hydrogens (tertiary/aromatic N) is 4.